The summed E-state index contributed by atoms with van der Waals surface area (Å²) in [5, 5.41) is 4.88. The Morgan fingerprint density at radius 2 is 2.26 bits per heavy atom. The van der Waals surface area contributed by atoms with Crippen LogP contribution in [0.3, 0.4) is 0 Å². The van der Waals surface area contributed by atoms with E-state index in [1.807, 2.05) is 11.3 Å². The second-order valence-electron chi connectivity index (χ2n) is 5.65. The Hall–Kier alpha value is -0.450. The molecule has 1 aliphatic heterocycles. The molecule has 1 aromatic rings. The van der Waals surface area contributed by atoms with Crippen molar-refractivity contribution in [3.63, 3.8) is 0 Å². The Morgan fingerprint density at radius 1 is 1.47 bits per heavy atom. The average molecular weight is 281 g/mol. The van der Waals surface area contributed by atoms with Crippen LogP contribution >= 0.6 is 11.3 Å². The number of rotatable bonds is 4. The molecule has 0 spiro atoms. The largest absolute Gasteiger partial charge is 0.313 e. The highest BCUT2D eigenvalue weighted by atomic mass is 32.1. The zero-order chi connectivity index (χ0) is 13.8. The van der Waals surface area contributed by atoms with E-state index in [1.165, 1.54) is 47.9 Å². The Kier molecular flexibility index (Phi) is 5.37. The number of thiazole rings is 1. The summed E-state index contributed by atoms with van der Waals surface area (Å²) in [5.74, 6) is 0. The summed E-state index contributed by atoms with van der Waals surface area (Å²) in [7, 11) is 0. The Balaban J connectivity index is 2.08. The molecule has 108 valence electrons. The third kappa shape index (κ3) is 3.77. The predicted octanol–water partition coefficient (Wildman–Crippen LogP) is 3.28. The van der Waals surface area contributed by atoms with Gasteiger partial charge in [0.1, 0.15) is 0 Å². The normalized spacial score (nSPS) is 23.3. The van der Waals surface area contributed by atoms with Crippen molar-refractivity contribution < 1.29 is 0 Å². The summed E-state index contributed by atoms with van der Waals surface area (Å²) in [6, 6.07) is 1.16. The molecule has 0 saturated carbocycles. The fourth-order valence-corrected chi connectivity index (χ4v) is 4.04. The van der Waals surface area contributed by atoms with Crippen molar-refractivity contribution in [3.05, 3.63) is 15.6 Å². The third-order valence-corrected chi connectivity index (χ3v) is 5.26. The van der Waals surface area contributed by atoms with Gasteiger partial charge in [0, 0.05) is 30.1 Å². The fourth-order valence-electron chi connectivity index (χ4n) is 3.02. The lowest BCUT2D eigenvalue weighted by molar-refractivity contribution is 0.205. The highest BCUT2D eigenvalue weighted by Gasteiger charge is 2.24. The Labute approximate surface area is 121 Å². The van der Waals surface area contributed by atoms with Crippen LogP contribution in [0.2, 0.25) is 0 Å². The number of aryl methyl sites for hydroxylation is 2. The van der Waals surface area contributed by atoms with E-state index in [0.717, 1.165) is 6.54 Å². The van der Waals surface area contributed by atoms with Gasteiger partial charge in [-0.25, -0.2) is 4.98 Å². The molecule has 2 heterocycles. The molecule has 0 aromatic carbocycles. The van der Waals surface area contributed by atoms with E-state index >= 15 is 0 Å². The van der Waals surface area contributed by atoms with Gasteiger partial charge in [-0.1, -0.05) is 13.3 Å². The maximum absolute atomic E-state index is 4.58. The zero-order valence-electron chi connectivity index (χ0n) is 12.7. The Morgan fingerprint density at radius 3 is 2.89 bits per heavy atom. The maximum Gasteiger partial charge on any atom is 0.0900 e. The highest BCUT2D eigenvalue weighted by Crippen LogP contribution is 2.29. The first-order valence-corrected chi connectivity index (χ1v) is 8.34. The van der Waals surface area contributed by atoms with Crippen LogP contribution in [0, 0.1) is 13.8 Å². The molecule has 3 nitrogen and oxygen atoms in total. The molecule has 2 rings (SSSR count). The summed E-state index contributed by atoms with van der Waals surface area (Å²) in [6.45, 7) is 12.4. The van der Waals surface area contributed by atoms with Gasteiger partial charge in [-0.2, -0.15) is 0 Å². The number of hydrogen-bond donors (Lipinski definition) is 1. The fraction of sp³-hybridized carbons (Fsp3) is 0.800. The second-order valence-corrected chi connectivity index (χ2v) is 6.88. The van der Waals surface area contributed by atoms with Crippen LogP contribution in [0.1, 0.15) is 54.7 Å². The van der Waals surface area contributed by atoms with E-state index in [0.29, 0.717) is 12.1 Å². The number of aromatic nitrogens is 1. The monoisotopic (exact) mass is 281 g/mol. The van der Waals surface area contributed by atoms with E-state index in [4.69, 9.17) is 0 Å². The van der Waals surface area contributed by atoms with Gasteiger partial charge in [0.15, 0.2) is 0 Å². The minimum absolute atomic E-state index is 0.505. The standard InChI is InChI=1S/C15H27N3S/c1-5-7-14-10-18(9-6-8-16-14)12(3)15-11(2)17-13(4)19-15/h12,14,16H,5-10H2,1-4H3. The third-order valence-electron chi connectivity index (χ3n) is 4.01. The SMILES string of the molecule is CCCC1CN(C(C)c2sc(C)nc2C)CCCN1. The first-order valence-electron chi connectivity index (χ1n) is 7.53. The molecule has 0 aliphatic carbocycles. The van der Waals surface area contributed by atoms with E-state index in [-0.39, 0.29) is 0 Å². The molecule has 0 bridgehead atoms. The molecule has 0 amide bonds. The number of nitrogens with zero attached hydrogens (tertiary/aromatic N) is 2. The van der Waals surface area contributed by atoms with E-state index in [1.54, 1.807) is 0 Å². The van der Waals surface area contributed by atoms with Crippen LogP contribution in [0.15, 0.2) is 0 Å². The van der Waals surface area contributed by atoms with Gasteiger partial charge >= 0.3 is 0 Å². The van der Waals surface area contributed by atoms with Crippen molar-refractivity contribution in [2.24, 2.45) is 0 Å². The number of nitrogens with one attached hydrogen (secondary N) is 1. The molecule has 1 fully saturated rings. The van der Waals surface area contributed by atoms with Gasteiger partial charge in [-0.3, -0.25) is 4.90 Å². The van der Waals surface area contributed by atoms with Gasteiger partial charge in [0.05, 0.1) is 10.7 Å². The quantitative estimate of drug-likeness (QED) is 0.918. The summed E-state index contributed by atoms with van der Waals surface area (Å²) in [4.78, 5) is 8.67. The van der Waals surface area contributed by atoms with Crippen LogP contribution in [-0.2, 0) is 0 Å². The predicted molar refractivity (Wildman–Crippen MR) is 82.9 cm³/mol. The van der Waals surface area contributed by atoms with E-state index in [9.17, 15) is 0 Å². The maximum atomic E-state index is 4.58. The number of hydrogen-bond acceptors (Lipinski definition) is 4. The van der Waals surface area contributed by atoms with Gasteiger partial charge in [-0.15, -0.1) is 11.3 Å². The topological polar surface area (TPSA) is 28.2 Å². The van der Waals surface area contributed by atoms with E-state index in [2.05, 4.69) is 42.9 Å². The first kappa shape index (κ1) is 14.9. The molecular formula is C15H27N3S. The van der Waals surface area contributed by atoms with Crippen LogP contribution in [0.25, 0.3) is 0 Å². The zero-order valence-corrected chi connectivity index (χ0v) is 13.5. The van der Waals surface area contributed by atoms with Crippen molar-refractivity contribution in [3.8, 4) is 0 Å². The molecule has 1 saturated heterocycles. The van der Waals surface area contributed by atoms with Crippen molar-refractivity contribution in [2.75, 3.05) is 19.6 Å². The first-order chi connectivity index (χ1) is 9.11. The van der Waals surface area contributed by atoms with Crippen molar-refractivity contribution in [2.45, 2.75) is 59.0 Å². The molecule has 4 heteroatoms. The molecule has 1 aliphatic rings. The molecule has 19 heavy (non-hydrogen) atoms. The lowest BCUT2D eigenvalue weighted by Gasteiger charge is -2.29. The summed E-state index contributed by atoms with van der Waals surface area (Å²) in [6.07, 6.45) is 3.80. The molecule has 2 unspecified atom stereocenters. The molecule has 1 N–H and O–H groups in total. The van der Waals surface area contributed by atoms with Gasteiger partial charge in [0.2, 0.25) is 0 Å². The summed E-state index contributed by atoms with van der Waals surface area (Å²) < 4.78 is 0. The second kappa shape index (κ2) is 6.82. The van der Waals surface area contributed by atoms with Gasteiger partial charge in [-0.05, 0) is 40.2 Å². The van der Waals surface area contributed by atoms with Crippen LogP contribution in [-0.4, -0.2) is 35.6 Å². The van der Waals surface area contributed by atoms with Crippen LogP contribution in [0.4, 0.5) is 0 Å². The Bertz CT molecular complexity index is 402. The molecule has 0 radical (unpaired) electrons. The van der Waals surface area contributed by atoms with Crippen LogP contribution < -0.4 is 5.32 Å². The van der Waals surface area contributed by atoms with Crippen molar-refractivity contribution >= 4 is 11.3 Å². The summed E-state index contributed by atoms with van der Waals surface area (Å²) in [5.41, 5.74) is 1.22. The smallest absolute Gasteiger partial charge is 0.0900 e. The molecular weight excluding hydrogens is 254 g/mol. The minimum atomic E-state index is 0.505. The lowest BCUT2D eigenvalue weighted by atomic mass is 10.1. The van der Waals surface area contributed by atoms with E-state index < -0.39 is 0 Å². The summed E-state index contributed by atoms with van der Waals surface area (Å²) >= 11 is 1.86. The van der Waals surface area contributed by atoms with Gasteiger partial charge in [0.25, 0.3) is 0 Å². The molecule has 2 atom stereocenters. The minimum Gasteiger partial charge on any atom is -0.313 e. The van der Waals surface area contributed by atoms with Crippen molar-refractivity contribution in [1.82, 2.24) is 15.2 Å². The average Bonchev–Trinajstić information content (AvgIpc) is 2.59. The lowest BCUT2D eigenvalue weighted by Crippen LogP contribution is -2.38. The van der Waals surface area contributed by atoms with Gasteiger partial charge < -0.3 is 5.32 Å². The molecule has 1 aromatic heterocycles. The van der Waals surface area contributed by atoms with Crippen molar-refractivity contribution in [1.29, 1.82) is 0 Å². The highest BCUT2D eigenvalue weighted by molar-refractivity contribution is 7.11. The van der Waals surface area contributed by atoms with Crippen LogP contribution in [0.5, 0.6) is 0 Å².